The number of hydrogen-bond acceptors (Lipinski definition) is 6. The Balaban J connectivity index is 1.54. The molecule has 8 nitrogen and oxygen atoms in total. The van der Waals surface area contributed by atoms with Crippen LogP contribution < -0.4 is 19.8 Å². The lowest BCUT2D eigenvalue weighted by molar-refractivity contribution is 0.171. The Morgan fingerprint density at radius 1 is 0.938 bits per heavy atom. The van der Waals surface area contributed by atoms with E-state index in [0.29, 0.717) is 47.1 Å². The van der Waals surface area contributed by atoms with Crippen LogP contribution >= 0.6 is 0 Å². The van der Waals surface area contributed by atoms with Crippen molar-refractivity contribution >= 4 is 26.6 Å². The van der Waals surface area contributed by atoms with E-state index >= 15 is 0 Å². The van der Waals surface area contributed by atoms with Gasteiger partial charge in [0, 0.05) is 11.8 Å². The van der Waals surface area contributed by atoms with E-state index in [1.165, 1.54) is 22.8 Å². The van der Waals surface area contributed by atoms with E-state index < -0.39 is 10.0 Å². The van der Waals surface area contributed by atoms with Crippen LogP contribution in [0.15, 0.2) is 76.4 Å². The molecule has 1 aliphatic heterocycles. The second-order valence-electron chi connectivity index (χ2n) is 7.28. The molecule has 0 fully saturated rings. The Labute approximate surface area is 184 Å². The molecular formula is C23H19N3O5S. The number of nitrogens with zero attached hydrogens (tertiary/aromatic N) is 2. The third kappa shape index (κ3) is 3.56. The van der Waals surface area contributed by atoms with Gasteiger partial charge in [-0.3, -0.25) is 14.1 Å². The molecule has 1 aromatic heterocycles. The van der Waals surface area contributed by atoms with Gasteiger partial charge in [-0.05, 0) is 49.4 Å². The number of aromatic nitrogens is 2. The van der Waals surface area contributed by atoms with Crippen molar-refractivity contribution in [3.63, 3.8) is 0 Å². The summed E-state index contributed by atoms with van der Waals surface area (Å²) in [7, 11) is -3.91. The molecule has 1 aliphatic rings. The minimum Gasteiger partial charge on any atom is -0.486 e. The average molecular weight is 449 g/mol. The Bertz CT molecular complexity index is 1500. The maximum absolute atomic E-state index is 13.2. The minimum atomic E-state index is -3.91. The molecule has 32 heavy (non-hydrogen) atoms. The first kappa shape index (κ1) is 20.1. The molecule has 5 rings (SSSR count). The van der Waals surface area contributed by atoms with Crippen molar-refractivity contribution in [1.82, 2.24) is 9.55 Å². The lowest BCUT2D eigenvalue weighted by atomic mass is 10.2. The molecule has 0 aliphatic carbocycles. The molecule has 9 heteroatoms. The molecule has 162 valence electrons. The summed E-state index contributed by atoms with van der Waals surface area (Å²) in [5, 5.41) is 0.307. The fourth-order valence-corrected chi connectivity index (χ4v) is 4.71. The van der Waals surface area contributed by atoms with E-state index in [1.807, 2.05) is 30.3 Å². The molecule has 0 amide bonds. The van der Waals surface area contributed by atoms with Crippen LogP contribution in [0.5, 0.6) is 11.5 Å². The Kier molecular flexibility index (Phi) is 4.82. The minimum absolute atomic E-state index is 0.0329. The van der Waals surface area contributed by atoms with Gasteiger partial charge in [-0.2, -0.15) is 0 Å². The zero-order chi connectivity index (χ0) is 22.3. The van der Waals surface area contributed by atoms with Crippen LogP contribution in [0.3, 0.4) is 0 Å². The number of nitrogens with one attached hydrogen (secondary N) is 1. The van der Waals surface area contributed by atoms with Gasteiger partial charge in [0.15, 0.2) is 11.5 Å². The monoisotopic (exact) mass is 449 g/mol. The van der Waals surface area contributed by atoms with E-state index in [-0.39, 0.29) is 16.1 Å². The summed E-state index contributed by atoms with van der Waals surface area (Å²) < 4.78 is 40.8. The van der Waals surface area contributed by atoms with E-state index in [2.05, 4.69) is 9.71 Å². The maximum Gasteiger partial charge on any atom is 0.266 e. The van der Waals surface area contributed by atoms with E-state index in [0.717, 1.165) is 0 Å². The number of anilines is 1. The first-order chi connectivity index (χ1) is 15.4. The molecule has 0 unspecified atom stereocenters. The largest absolute Gasteiger partial charge is 0.486 e. The number of hydrogen-bond donors (Lipinski definition) is 1. The second kappa shape index (κ2) is 7.69. The van der Waals surface area contributed by atoms with Crippen molar-refractivity contribution in [2.24, 2.45) is 0 Å². The number of benzene rings is 3. The normalized spacial score (nSPS) is 13.2. The molecule has 0 spiro atoms. The highest BCUT2D eigenvalue weighted by Gasteiger charge is 2.20. The second-order valence-corrected chi connectivity index (χ2v) is 8.96. The van der Waals surface area contributed by atoms with Gasteiger partial charge >= 0.3 is 0 Å². The number of rotatable bonds is 4. The van der Waals surface area contributed by atoms with Gasteiger partial charge in [-0.25, -0.2) is 13.4 Å². The highest BCUT2D eigenvalue weighted by atomic mass is 32.2. The van der Waals surface area contributed by atoms with Crippen LogP contribution in [0.1, 0.15) is 5.82 Å². The first-order valence-corrected chi connectivity index (χ1v) is 11.4. The van der Waals surface area contributed by atoms with Crippen molar-refractivity contribution in [2.75, 3.05) is 17.9 Å². The molecule has 0 radical (unpaired) electrons. The number of ether oxygens (including phenoxy) is 2. The number of para-hydroxylation sites is 1. The van der Waals surface area contributed by atoms with E-state index in [9.17, 15) is 13.2 Å². The van der Waals surface area contributed by atoms with Crippen molar-refractivity contribution in [3.8, 4) is 17.2 Å². The van der Waals surface area contributed by atoms with Crippen LogP contribution in [0.2, 0.25) is 0 Å². The Hall–Kier alpha value is -3.85. The molecule has 4 aromatic rings. The fraction of sp³-hybridized carbons (Fsp3) is 0.130. The molecule has 0 bridgehead atoms. The molecule has 0 atom stereocenters. The summed E-state index contributed by atoms with van der Waals surface area (Å²) >= 11 is 0. The fourth-order valence-electron chi connectivity index (χ4n) is 3.65. The highest BCUT2D eigenvalue weighted by Crippen LogP contribution is 2.33. The predicted octanol–water partition coefficient (Wildman–Crippen LogP) is 3.27. The highest BCUT2D eigenvalue weighted by molar-refractivity contribution is 7.92. The molecule has 1 N–H and O–H groups in total. The van der Waals surface area contributed by atoms with Crippen LogP contribution in [-0.4, -0.2) is 31.2 Å². The summed E-state index contributed by atoms with van der Waals surface area (Å²) in [5.74, 6) is 1.42. The smallest absolute Gasteiger partial charge is 0.266 e. The quantitative estimate of drug-likeness (QED) is 0.513. The van der Waals surface area contributed by atoms with Crippen LogP contribution in [-0.2, 0) is 10.0 Å². The summed E-state index contributed by atoms with van der Waals surface area (Å²) in [6, 6.07) is 18.3. The van der Waals surface area contributed by atoms with Crippen LogP contribution in [0, 0.1) is 6.92 Å². The van der Waals surface area contributed by atoms with E-state index in [1.54, 1.807) is 25.1 Å². The average Bonchev–Trinajstić information content (AvgIpc) is 2.80. The van der Waals surface area contributed by atoms with Gasteiger partial charge in [0.25, 0.3) is 15.6 Å². The molecule has 0 saturated carbocycles. The van der Waals surface area contributed by atoms with Gasteiger partial charge < -0.3 is 9.47 Å². The van der Waals surface area contributed by atoms with Gasteiger partial charge in [-0.1, -0.05) is 18.2 Å². The zero-order valence-corrected chi connectivity index (χ0v) is 17.9. The lowest BCUT2D eigenvalue weighted by Crippen LogP contribution is -2.22. The van der Waals surface area contributed by atoms with Crippen molar-refractivity contribution in [3.05, 3.63) is 82.9 Å². The summed E-state index contributed by atoms with van der Waals surface area (Å²) in [6.07, 6.45) is 0. The van der Waals surface area contributed by atoms with Crippen molar-refractivity contribution in [2.45, 2.75) is 11.8 Å². The molecule has 3 aromatic carbocycles. The third-order valence-electron chi connectivity index (χ3n) is 5.13. The standard InChI is InChI=1S/C23H19N3O5S/c1-15-24-20-9-7-16(13-19(20)23(27)26(15)17-5-3-2-4-6-17)25-32(28,29)18-8-10-21-22(14-18)31-12-11-30-21/h2-10,13-14,25H,11-12H2,1H3. The Morgan fingerprint density at radius 3 is 2.47 bits per heavy atom. The van der Waals surface area contributed by atoms with Gasteiger partial charge in [0.1, 0.15) is 19.0 Å². The van der Waals surface area contributed by atoms with E-state index in [4.69, 9.17) is 9.47 Å². The number of sulfonamides is 1. The molecule has 0 saturated heterocycles. The van der Waals surface area contributed by atoms with Crippen molar-refractivity contribution in [1.29, 1.82) is 0 Å². The summed E-state index contributed by atoms with van der Waals surface area (Å²) in [6.45, 7) is 2.53. The number of fused-ring (bicyclic) bond motifs is 2. The number of aryl methyl sites for hydroxylation is 1. The summed E-state index contributed by atoms with van der Waals surface area (Å²) in [4.78, 5) is 17.8. The van der Waals surface area contributed by atoms with Crippen molar-refractivity contribution < 1.29 is 17.9 Å². The van der Waals surface area contributed by atoms with Crippen LogP contribution in [0.4, 0.5) is 5.69 Å². The zero-order valence-electron chi connectivity index (χ0n) is 17.1. The molecular weight excluding hydrogens is 430 g/mol. The molecule has 2 heterocycles. The van der Waals surface area contributed by atoms with Crippen LogP contribution in [0.25, 0.3) is 16.6 Å². The van der Waals surface area contributed by atoms with Gasteiger partial charge in [0.05, 0.1) is 21.5 Å². The first-order valence-electron chi connectivity index (χ1n) is 9.94. The van der Waals surface area contributed by atoms with Gasteiger partial charge in [-0.15, -0.1) is 0 Å². The predicted molar refractivity (Wildman–Crippen MR) is 120 cm³/mol. The van der Waals surface area contributed by atoms with Gasteiger partial charge in [0.2, 0.25) is 0 Å². The third-order valence-corrected chi connectivity index (χ3v) is 6.51. The SMILES string of the molecule is Cc1nc2ccc(NS(=O)(=O)c3ccc4c(c3)OCCO4)cc2c(=O)n1-c1ccccc1. The Morgan fingerprint density at radius 2 is 1.69 bits per heavy atom. The maximum atomic E-state index is 13.2. The topological polar surface area (TPSA) is 99.5 Å². The lowest BCUT2D eigenvalue weighted by Gasteiger charge is -2.19. The summed E-state index contributed by atoms with van der Waals surface area (Å²) in [5.41, 5.74) is 1.16.